The fourth-order valence-electron chi connectivity index (χ4n) is 1.13. The number of hydrogen-bond acceptors (Lipinski definition) is 2. The summed E-state index contributed by atoms with van der Waals surface area (Å²) in [6.07, 6.45) is 0. The van der Waals surface area contributed by atoms with E-state index in [1.54, 1.807) is 0 Å². The smallest absolute Gasteiger partial charge is 0.465 e. The van der Waals surface area contributed by atoms with Gasteiger partial charge in [-0.1, -0.05) is 17.6 Å². The van der Waals surface area contributed by atoms with E-state index in [4.69, 9.17) is 0 Å². The number of esters is 1. The third-order valence-electron chi connectivity index (χ3n) is 1.79. The number of carbonyl (C=O) groups excluding carboxylic acids is 1. The van der Waals surface area contributed by atoms with Crippen molar-refractivity contribution in [2.45, 2.75) is 0 Å². The zero-order valence-corrected chi connectivity index (χ0v) is 11.8. The third-order valence-corrected chi connectivity index (χ3v) is 1.79. The minimum absolute atomic E-state index is 0. The Morgan fingerprint density at radius 3 is 2.31 bits per heavy atom. The molecule has 1 rings (SSSR count). The molecule has 0 fully saturated rings. The molecule has 0 saturated heterocycles. The van der Waals surface area contributed by atoms with Crippen molar-refractivity contribution < 1.29 is 78.3 Å². The molecule has 82 valence electrons. The number of methoxy groups -OCH3 is 1. The van der Waals surface area contributed by atoms with E-state index in [2.05, 4.69) is 4.74 Å². The molecule has 0 unspecified atom stereocenters. The molecule has 0 aliphatic carbocycles. The minimum atomic E-state index is -5.44. The van der Waals surface area contributed by atoms with Crippen LogP contribution in [0.15, 0.2) is 18.2 Å². The maximum atomic E-state index is 13.0. The molecule has 0 bridgehead atoms. The number of hydrogen-bond donors (Lipinski definition) is 0. The molecule has 0 saturated carbocycles. The Hall–Kier alpha value is 0.111. The van der Waals surface area contributed by atoms with E-state index < -0.39 is 29.8 Å². The summed E-state index contributed by atoms with van der Waals surface area (Å²) in [4.78, 5) is 10.9. The first kappa shape index (κ1) is 16.1. The van der Waals surface area contributed by atoms with E-state index in [0.29, 0.717) is 6.07 Å². The van der Waals surface area contributed by atoms with E-state index in [0.717, 1.165) is 19.2 Å². The number of benzene rings is 1. The van der Waals surface area contributed by atoms with E-state index in [1.165, 1.54) is 0 Å². The van der Waals surface area contributed by atoms with Gasteiger partial charge in [0, 0.05) is 0 Å². The van der Waals surface area contributed by atoms with Crippen LogP contribution in [0.1, 0.15) is 10.4 Å². The minimum Gasteiger partial charge on any atom is -0.465 e. The number of carbonyl (C=O) groups is 1. The van der Waals surface area contributed by atoms with Crippen LogP contribution in [-0.4, -0.2) is 20.1 Å². The maximum absolute atomic E-state index is 13.0. The Balaban J connectivity index is 0.00000225. The zero-order valence-electron chi connectivity index (χ0n) is 8.64. The van der Waals surface area contributed by atoms with Gasteiger partial charge in [0.2, 0.25) is 0 Å². The molecule has 0 radical (unpaired) electrons. The maximum Gasteiger partial charge on any atom is 1.00 e. The molecule has 0 aromatic heterocycles. The zero-order chi connectivity index (χ0) is 11.6. The molecule has 0 aliphatic heterocycles. The van der Waals surface area contributed by atoms with Crippen LogP contribution in [0.3, 0.4) is 0 Å². The van der Waals surface area contributed by atoms with Gasteiger partial charge in [-0.3, -0.25) is 0 Å². The van der Waals surface area contributed by atoms with Crippen LogP contribution in [-0.2, 0) is 4.74 Å². The van der Waals surface area contributed by atoms with Gasteiger partial charge >= 0.3 is 64.3 Å². The molecule has 0 heterocycles. The predicted octanol–water partition coefficient (Wildman–Crippen LogP) is -1.33. The van der Waals surface area contributed by atoms with Gasteiger partial charge in [0.1, 0.15) is 5.82 Å². The fourth-order valence-corrected chi connectivity index (χ4v) is 1.13. The number of ether oxygens (including phenoxy) is 1. The Bertz CT molecular complexity index is 394. The van der Waals surface area contributed by atoms with Crippen molar-refractivity contribution in [1.82, 2.24) is 0 Å². The normalized spacial score (nSPS) is 10.6. The average Bonchev–Trinajstić information content (AvgIpc) is 2.15. The van der Waals surface area contributed by atoms with Crippen molar-refractivity contribution in [2.24, 2.45) is 0 Å². The Morgan fingerprint density at radius 2 is 1.88 bits per heavy atom. The van der Waals surface area contributed by atoms with Crippen LogP contribution in [0.2, 0.25) is 0 Å². The molecular weight excluding hydrogens is 254 g/mol. The van der Waals surface area contributed by atoms with Gasteiger partial charge in [-0.2, -0.15) is 0 Å². The number of halogens is 4. The number of rotatable bonds is 2. The largest absolute Gasteiger partial charge is 1.00 e. The van der Waals surface area contributed by atoms with Crippen LogP contribution in [0.5, 0.6) is 0 Å². The topological polar surface area (TPSA) is 26.3 Å². The van der Waals surface area contributed by atoms with E-state index in [1.807, 2.05) is 0 Å². The van der Waals surface area contributed by atoms with Crippen LogP contribution in [0, 0.1) is 5.82 Å². The van der Waals surface area contributed by atoms with Gasteiger partial charge in [-0.05, 0) is 6.07 Å². The fraction of sp³-hybridized carbons (Fsp3) is 0.125. The van der Waals surface area contributed by atoms with Crippen molar-refractivity contribution in [3.05, 3.63) is 29.6 Å². The second-order valence-electron chi connectivity index (χ2n) is 2.77. The third kappa shape index (κ3) is 3.56. The van der Waals surface area contributed by atoms with Crippen molar-refractivity contribution in [3.63, 3.8) is 0 Å². The first-order valence-electron chi connectivity index (χ1n) is 3.94. The summed E-state index contributed by atoms with van der Waals surface area (Å²) in [7, 11) is 0.891. The van der Waals surface area contributed by atoms with Gasteiger partial charge in [-0.15, -0.1) is 0 Å². The van der Waals surface area contributed by atoms with E-state index in [-0.39, 0.29) is 51.4 Å². The Morgan fingerprint density at radius 1 is 1.31 bits per heavy atom. The van der Waals surface area contributed by atoms with Crippen LogP contribution in [0.4, 0.5) is 17.3 Å². The van der Waals surface area contributed by atoms with Gasteiger partial charge in [0.25, 0.3) is 0 Å². The molecule has 16 heavy (non-hydrogen) atoms. The standard InChI is InChI=1S/C8H6BF4O2.K/c1-15-8(14)7-5(9(11,12)13)3-2-4-6(7)10;/h2-4H,1H3;/q-1;+1. The molecule has 0 amide bonds. The van der Waals surface area contributed by atoms with Gasteiger partial charge in [0.15, 0.2) is 0 Å². The molecule has 1 aromatic rings. The Kier molecular flexibility index (Phi) is 6.20. The van der Waals surface area contributed by atoms with Crippen molar-refractivity contribution in [1.29, 1.82) is 0 Å². The molecule has 0 N–H and O–H groups in total. The molecule has 2 nitrogen and oxygen atoms in total. The summed E-state index contributed by atoms with van der Waals surface area (Å²) < 4.78 is 54.4. The molecule has 0 atom stereocenters. The second-order valence-corrected chi connectivity index (χ2v) is 2.77. The predicted molar refractivity (Wildman–Crippen MR) is 46.5 cm³/mol. The van der Waals surface area contributed by atoms with Gasteiger partial charge < -0.3 is 17.7 Å². The molecule has 0 aliphatic rings. The Labute approximate surface area is 132 Å². The molecule has 0 spiro atoms. The van der Waals surface area contributed by atoms with Crippen LogP contribution in [0.25, 0.3) is 0 Å². The summed E-state index contributed by atoms with van der Waals surface area (Å²) in [6.45, 7) is -5.44. The quantitative estimate of drug-likeness (QED) is 0.374. The van der Waals surface area contributed by atoms with Crippen molar-refractivity contribution >= 4 is 18.4 Å². The van der Waals surface area contributed by atoms with E-state index in [9.17, 15) is 22.1 Å². The first-order valence-corrected chi connectivity index (χ1v) is 3.94. The van der Waals surface area contributed by atoms with Gasteiger partial charge in [0.05, 0.1) is 12.7 Å². The average molecular weight is 260 g/mol. The summed E-state index contributed by atoms with van der Waals surface area (Å²) in [5.41, 5.74) is -2.34. The van der Waals surface area contributed by atoms with Crippen molar-refractivity contribution in [2.75, 3.05) is 7.11 Å². The van der Waals surface area contributed by atoms with Crippen LogP contribution >= 0.6 is 0 Å². The van der Waals surface area contributed by atoms with E-state index >= 15 is 0 Å². The SMILES string of the molecule is COC(=O)c1c(F)cccc1[B-](F)(F)F.[K+]. The van der Waals surface area contributed by atoms with Gasteiger partial charge in [-0.25, -0.2) is 9.18 Å². The summed E-state index contributed by atoms with van der Waals surface area (Å²) in [5, 5.41) is 0. The molecule has 8 heteroatoms. The second kappa shape index (κ2) is 6.15. The van der Waals surface area contributed by atoms with Crippen LogP contribution < -0.4 is 56.8 Å². The summed E-state index contributed by atoms with van der Waals surface area (Å²) in [5.74, 6) is -2.57. The monoisotopic (exact) mass is 260 g/mol. The first-order chi connectivity index (χ1) is 6.88. The van der Waals surface area contributed by atoms with Crippen molar-refractivity contribution in [3.8, 4) is 0 Å². The molecule has 1 aromatic carbocycles. The summed E-state index contributed by atoms with van der Waals surface area (Å²) >= 11 is 0. The molecular formula is C8H6BF4KO2. The summed E-state index contributed by atoms with van der Waals surface area (Å²) in [6, 6.07) is 2.32.